The number of benzene rings is 1. The predicted molar refractivity (Wildman–Crippen MR) is 80.6 cm³/mol. The highest BCUT2D eigenvalue weighted by Crippen LogP contribution is 2.09. The van der Waals surface area contributed by atoms with E-state index >= 15 is 0 Å². The molecular formula is C15H20N4O. The number of aromatic nitrogens is 2. The second-order valence-corrected chi connectivity index (χ2v) is 4.72. The van der Waals surface area contributed by atoms with Crippen LogP contribution in [0.15, 0.2) is 41.5 Å². The normalized spacial score (nSPS) is 10.6. The van der Waals surface area contributed by atoms with Gasteiger partial charge in [-0.3, -0.25) is 4.79 Å². The smallest absolute Gasteiger partial charge is 0.293 e. The molecule has 0 spiro atoms. The van der Waals surface area contributed by atoms with Crippen molar-refractivity contribution < 1.29 is 0 Å². The monoisotopic (exact) mass is 272 g/mol. The number of nitrogens with zero attached hydrogens (tertiary/aromatic N) is 3. The molecule has 1 aromatic carbocycles. The molecule has 2 N–H and O–H groups in total. The Morgan fingerprint density at radius 3 is 2.50 bits per heavy atom. The van der Waals surface area contributed by atoms with Gasteiger partial charge in [0.2, 0.25) is 0 Å². The quantitative estimate of drug-likeness (QED) is 0.892. The van der Waals surface area contributed by atoms with Gasteiger partial charge < -0.3 is 15.2 Å². The largest absolute Gasteiger partial charge is 0.351 e. The molecule has 5 heteroatoms. The summed E-state index contributed by atoms with van der Waals surface area (Å²) in [4.78, 5) is 18.2. The molecule has 1 heterocycles. The fraction of sp³-hybridized carbons (Fsp3) is 0.333. The molecule has 0 unspecified atom stereocenters. The van der Waals surface area contributed by atoms with Crippen LogP contribution in [0.25, 0.3) is 0 Å². The molecule has 106 valence electrons. The summed E-state index contributed by atoms with van der Waals surface area (Å²) in [6.07, 6.45) is 3.37. The van der Waals surface area contributed by atoms with Crippen LogP contribution in [0, 0.1) is 0 Å². The SMILES string of the molecule is CCn1ccnc(N(C)Cc2ccc(CN)cc2)c1=O. The zero-order valence-electron chi connectivity index (χ0n) is 11.9. The minimum atomic E-state index is -0.0592. The van der Waals surface area contributed by atoms with Crippen molar-refractivity contribution in [3.8, 4) is 0 Å². The molecule has 2 aromatic rings. The predicted octanol–water partition coefficient (Wildman–Crippen LogP) is 1.36. The van der Waals surface area contributed by atoms with Gasteiger partial charge in [0.25, 0.3) is 5.56 Å². The van der Waals surface area contributed by atoms with Gasteiger partial charge in [-0.1, -0.05) is 24.3 Å². The van der Waals surface area contributed by atoms with Crippen molar-refractivity contribution in [3.05, 3.63) is 58.1 Å². The number of rotatable bonds is 5. The lowest BCUT2D eigenvalue weighted by Gasteiger charge is -2.18. The van der Waals surface area contributed by atoms with Gasteiger partial charge >= 0.3 is 0 Å². The van der Waals surface area contributed by atoms with Gasteiger partial charge in [-0.15, -0.1) is 0 Å². The van der Waals surface area contributed by atoms with Crippen LogP contribution >= 0.6 is 0 Å². The number of anilines is 1. The van der Waals surface area contributed by atoms with Gasteiger partial charge in [0.05, 0.1) is 0 Å². The van der Waals surface area contributed by atoms with Gasteiger partial charge in [-0.25, -0.2) is 4.98 Å². The molecule has 0 bridgehead atoms. The average molecular weight is 272 g/mol. The molecule has 0 aliphatic heterocycles. The average Bonchev–Trinajstić information content (AvgIpc) is 2.48. The summed E-state index contributed by atoms with van der Waals surface area (Å²) in [7, 11) is 1.88. The minimum absolute atomic E-state index is 0.0592. The maximum absolute atomic E-state index is 12.2. The van der Waals surface area contributed by atoms with E-state index in [9.17, 15) is 4.79 Å². The second-order valence-electron chi connectivity index (χ2n) is 4.72. The highest BCUT2D eigenvalue weighted by Gasteiger charge is 2.09. The number of hydrogen-bond acceptors (Lipinski definition) is 4. The Bertz CT molecular complexity index is 619. The van der Waals surface area contributed by atoms with Crippen LogP contribution in [-0.2, 0) is 19.6 Å². The second kappa shape index (κ2) is 6.34. The van der Waals surface area contributed by atoms with E-state index < -0.39 is 0 Å². The molecule has 0 aliphatic rings. The van der Waals surface area contributed by atoms with Crippen LogP contribution in [-0.4, -0.2) is 16.6 Å². The van der Waals surface area contributed by atoms with Gasteiger partial charge in [-0.2, -0.15) is 0 Å². The third-order valence-corrected chi connectivity index (χ3v) is 3.28. The molecule has 0 radical (unpaired) electrons. The van der Waals surface area contributed by atoms with Crippen molar-refractivity contribution in [2.24, 2.45) is 5.73 Å². The van der Waals surface area contributed by atoms with Crippen molar-refractivity contribution in [1.82, 2.24) is 9.55 Å². The first-order valence-corrected chi connectivity index (χ1v) is 6.70. The summed E-state index contributed by atoms with van der Waals surface area (Å²) in [5, 5.41) is 0. The molecule has 20 heavy (non-hydrogen) atoms. The van der Waals surface area contributed by atoms with Crippen molar-refractivity contribution in [1.29, 1.82) is 0 Å². The van der Waals surface area contributed by atoms with Gasteiger partial charge in [-0.05, 0) is 18.1 Å². The van der Waals surface area contributed by atoms with E-state index in [4.69, 9.17) is 5.73 Å². The highest BCUT2D eigenvalue weighted by molar-refractivity contribution is 5.36. The van der Waals surface area contributed by atoms with Crippen LogP contribution in [0.2, 0.25) is 0 Å². The fourth-order valence-electron chi connectivity index (χ4n) is 2.08. The lowest BCUT2D eigenvalue weighted by Crippen LogP contribution is -2.30. The lowest BCUT2D eigenvalue weighted by atomic mass is 10.1. The van der Waals surface area contributed by atoms with Crippen molar-refractivity contribution in [2.75, 3.05) is 11.9 Å². The first kappa shape index (κ1) is 14.3. The van der Waals surface area contributed by atoms with Crippen LogP contribution in [0.3, 0.4) is 0 Å². The molecule has 0 aliphatic carbocycles. The topological polar surface area (TPSA) is 64.2 Å². The number of aryl methyl sites for hydroxylation is 1. The molecule has 1 aromatic heterocycles. The fourth-order valence-corrected chi connectivity index (χ4v) is 2.08. The molecule has 0 fully saturated rings. The number of hydrogen-bond donors (Lipinski definition) is 1. The van der Waals surface area contributed by atoms with Crippen molar-refractivity contribution in [3.63, 3.8) is 0 Å². The first-order chi connectivity index (χ1) is 9.65. The van der Waals surface area contributed by atoms with Crippen LogP contribution in [0.4, 0.5) is 5.82 Å². The summed E-state index contributed by atoms with van der Waals surface area (Å²) in [5.41, 5.74) is 7.74. The Morgan fingerprint density at radius 2 is 1.90 bits per heavy atom. The zero-order chi connectivity index (χ0) is 14.5. The lowest BCUT2D eigenvalue weighted by molar-refractivity contribution is 0.708. The zero-order valence-corrected chi connectivity index (χ0v) is 11.9. The van der Waals surface area contributed by atoms with Gasteiger partial charge in [0, 0.05) is 39.1 Å². The highest BCUT2D eigenvalue weighted by atomic mass is 16.1. The molecule has 0 atom stereocenters. The van der Waals surface area contributed by atoms with E-state index in [-0.39, 0.29) is 5.56 Å². The first-order valence-electron chi connectivity index (χ1n) is 6.70. The molecule has 0 saturated carbocycles. The van der Waals surface area contributed by atoms with Crippen LogP contribution < -0.4 is 16.2 Å². The van der Waals surface area contributed by atoms with E-state index in [0.717, 1.165) is 11.1 Å². The third-order valence-electron chi connectivity index (χ3n) is 3.28. The molecular weight excluding hydrogens is 252 g/mol. The molecule has 0 saturated heterocycles. The van der Waals surface area contributed by atoms with E-state index in [1.807, 2.05) is 43.1 Å². The van der Waals surface area contributed by atoms with E-state index in [1.165, 1.54) is 0 Å². The summed E-state index contributed by atoms with van der Waals surface area (Å²) in [5.74, 6) is 0.470. The Hall–Kier alpha value is -2.14. The Morgan fingerprint density at radius 1 is 1.25 bits per heavy atom. The van der Waals surface area contributed by atoms with E-state index in [0.29, 0.717) is 25.5 Å². The maximum Gasteiger partial charge on any atom is 0.293 e. The molecule has 5 nitrogen and oxygen atoms in total. The third kappa shape index (κ3) is 3.05. The Labute approximate surface area is 118 Å². The van der Waals surface area contributed by atoms with Gasteiger partial charge in [0.15, 0.2) is 5.82 Å². The molecule has 2 rings (SSSR count). The summed E-state index contributed by atoms with van der Waals surface area (Å²) >= 11 is 0. The van der Waals surface area contributed by atoms with E-state index in [1.54, 1.807) is 17.0 Å². The Kier molecular flexibility index (Phi) is 4.53. The summed E-state index contributed by atoms with van der Waals surface area (Å²) in [6.45, 7) is 3.77. The maximum atomic E-state index is 12.2. The standard InChI is InChI=1S/C15H20N4O/c1-3-19-9-8-17-14(15(19)20)18(2)11-13-6-4-12(10-16)5-7-13/h4-9H,3,10-11,16H2,1-2H3. The van der Waals surface area contributed by atoms with E-state index in [2.05, 4.69) is 4.98 Å². The summed E-state index contributed by atoms with van der Waals surface area (Å²) in [6, 6.07) is 8.07. The number of nitrogens with two attached hydrogens (primary N) is 1. The Balaban J connectivity index is 2.19. The van der Waals surface area contributed by atoms with Gasteiger partial charge in [0.1, 0.15) is 0 Å². The molecule has 0 amide bonds. The van der Waals surface area contributed by atoms with Crippen LogP contribution in [0.1, 0.15) is 18.1 Å². The van der Waals surface area contributed by atoms with Crippen LogP contribution in [0.5, 0.6) is 0 Å². The van der Waals surface area contributed by atoms with Crippen molar-refractivity contribution in [2.45, 2.75) is 26.6 Å². The minimum Gasteiger partial charge on any atom is -0.351 e. The van der Waals surface area contributed by atoms with Crippen molar-refractivity contribution >= 4 is 5.82 Å². The summed E-state index contributed by atoms with van der Waals surface area (Å²) < 4.78 is 1.65.